The molecule has 106 valence electrons. The molecule has 1 saturated heterocycles. The molecule has 2 atom stereocenters. The predicted octanol–water partition coefficient (Wildman–Crippen LogP) is 0.889. The smallest absolute Gasteiger partial charge is 0.408 e. The lowest BCUT2D eigenvalue weighted by Gasteiger charge is -2.30. The molecule has 6 heteroatoms. The molecule has 2 rings (SSSR count). The van der Waals surface area contributed by atoms with Gasteiger partial charge in [0.05, 0.1) is 13.2 Å². The molecule has 19 heavy (non-hydrogen) atoms. The number of ether oxygens (including phenoxy) is 2. The van der Waals surface area contributed by atoms with E-state index in [1.807, 2.05) is 6.08 Å². The first kappa shape index (κ1) is 13.9. The summed E-state index contributed by atoms with van der Waals surface area (Å²) in [6, 6.07) is 0. The maximum absolute atomic E-state index is 12.1. The standard InChI is InChI=1S/C13H19NO5/c1-2-18-11(16)13(8-15)10(19-12(17)14-13)9-6-4-3-5-7-9/h6,10,15H,2-5,7-8H2,1H3,(H,14,17)/t10?,13-/m0/s1. The molecule has 1 heterocycles. The van der Waals surface area contributed by atoms with Gasteiger partial charge in [0.25, 0.3) is 0 Å². The molecule has 0 radical (unpaired) electrons. The van der Waals surface area contributed by atoms with Gasteiger partial charge in [0.15, 0.2) is 6.10 Å². The van der Waals surface area contributed by atoms with Crippen molar-refractivity contribution >= 4 is 12.1 Å². The maximum Gasteiger partial charge on any atom is 0.408 e. The Morgan fingerprint density at radius 1 is 1.63 bits per heavy atom. The fourth-order valence-electron chi connectivity index (χ4n) is 2.58. The summed E-state index contributed by atoms with van der Waals surface area (Å²) in [7, 11) is 0. The highest BCUT2D eigenvalue weighted by atomic mass is 16.6. The van der Waals surface area contributed by atoms with Gasteiger partial charge in [-0.25, -0.2) is 9.59 Å². The molecule has 1 unspecified atom stereocenters. The van der Waals surface area contributed by atoms with E-state index in [4.69, 9.17) is 9.47 Å². The van der Waals surface area contributed by atoms with Gasteiger partial charge in [-0.2, -0.15) is 0 Å². The van der Waals surface area contributed by atoms with Crippen molar-refractivity contribution in [2.24, 2.45) is 0 Å². The van der Waals surface area contributed by atoms with Crippen LogP contribution in [-0.2, 0) is 14.3 Å². The van der Waals surface area contributed by atoms with Gasteiger partial charge in [-0.05, 0) is 38.2 Å². The molecule has 1 fully saturated rings. The van der Waals surface area contributed by atoms with E-state index in [1.54, 1.807) is 6.92 Å². The Labute approximate surface area is 111 Å². The number of esters is 1. The van der Waals surface area contributed by atoms with E-state index < -0.39 is 30.3 Å². The molecule has 0 aromatic carbocycles. The van der Waals surface area contributed by atoms with Crippen molar-refractivity contribution in [3.05, 3.63) is 11.6 Å². The number of allylic oxidation sites excluding steroid dienone is 1. The zero-order valence-corrected chi connectivity index (χ0v) is 11.0. The van der Waals surface area contributed by atoms with Crippen LogP contribution in [0.15, 0.2) is 11.6 Å². The summed E-state index contributed by atoms with van der Waals surface area (Å²) in [4.78, 5) is 23.6. The quantitative estimate of drug-likeness (QED) is 0.585. The van der Waals surface area contributed by atoms with E-state index >= 15 is 0 Å². The Kier molecular flexibility index (Phi) is 4.09. The van der Waals surface area contributed by atoms with Crippen molar-refractivity contribution in [1.82, 2.24) is 5.32 Å². The summed E-state index contributed by atoms with van der Waals surface area (Å²) in [5.74, 6) is -0.653. The molecule has 0 aromatic rings. The molecule has 1 aliphatic carbocycles. The number of rotatable bonds is 4. The third-order valence-corrected chi connectivity index (χ3v) is 3.55. The first-order valence-corrected chi connectivity index (χ1v) is 6.60. The number of nitrogens with one attached hydrogen (secondary N) is 1. The number of carbonyl (C=O) groups excluding carboxylic acids is 2. The summed E-state index contributed by atoms with van der Waals surface area (Å²) < 4.78 is 10.2. The molecule has 2 N–H and O–H groups in total. The minimum absolute atomic E-state index is 0.183. The lowest BCUT2D eigenvalue weighted by molar-refractivity contribution is -0.154. The lowest BCUT2D eigenvalue weighted by Crippen LogP contribution is -2.59. The fourth-order valence-corrected chi connectivity index (χ4v) is 2.58. The molecular formula is C13H19NO5. The van der Waals surface area contributed by atoms with Crippen molar-refractivity contribution in [3.8, 4) is 0 Å². The molecule has 0 saturated carbocycles. The summed E-state index contributed by atoms with van der Waals surface area (Å²) in [6.07, 6.45) is 4.25. The zero-order chi connectivity index (χ0) is 13.9. The van der Waals surface area contributed by atoms with Crippen molar-refractivity contribution in [2.45, 2.75) is 44.2 Å². The fraction of sp³-hybridized carbons (Fsp3) is 0.692. The summed E-state index contributed by atoms with van der Waals surface area (Å²) in [6.45, 7) is 1.32. The van der Waals surface area contributed by atoms with Gasteiger partial charge in [0, 0.05) is 0 Å². The lowest BCUT2D eigenvalue weighted by atomic mass is 9.84. The molecule has 1 aliphatic heterocycles. The average molecular weight is 269 g/mol. The molecule has 0 aromatic heterocycles. The Morgan fingerprint density at radius 2 is 2.42 bits per heavy atom. The van der Waals surface area contributed by atoms with Crippen LogP contribution in [0.3, 0.4) is 0 Å². The number of aliphatic hydroxyl groups excluding tert-OH is 1. The zero-order valence-electron chi connectivity index (χ0n) is 11.0. The van der Waals surface area contributed by atoms with E-state index in [-0.39, 0.29) is 6.61 Å². The molecular weight excluding hydrogens is 250 g/mol. The number of amides is 1. The number of carbonyl (C=O) groups is 2. The number of alkyl carbamates (subject to hydrolysis) is 1. The van der Waals surface area contributed by atoms with Crippen molar-refractivity contribution in [2.75, 3.05) is 13.2 Å². The number of hydrogen-bond donors (Lipinski definition) is 2. The molecule has 6 nitrogen and oxygen atoms in total. The SMILES string of the molecule is CCOC(=O)[C@@]1(CO)NC(=O)OC1C1=CCCCC1. The molecule has 2 aliphatic rings. The van der Waals surface area contributed by atoms with Crippen molar-refractivity contribution < 1.29 is 24.2 Å². The van der Waals surface area contributed by atoms with Crippen LogP contribution < -0.4 is 5.32 Å². The van der Waals surface area contributed by atoms with Crippen LogP contribution in [0, 0.1) is 0 Å². The van der Waals surface area contributed by atoms with E-state index in [2.05, 4.69) is 5.32 Å². The van der Waals surface area contributed by atoms with Gasteiger partial charge in [-0.3, -0.25) is 5.32 Å². The summed E-state index contributed by atoms with van der Waals surface area (Å²) in [5, 5.41) is 12.0. The van der Waals surface area contributed by atoms with E-state index in [0.717, 1.165) is 31.3 Å². The van der Waals surface area contributed by atoms with Gasteiger partial charge in [0.1, 0.15) is 0 Å². The second-order valence-corrected chi connectivity index (χ2v) is 4.79. The monoisotopic (exact) mass is 269 g/mol. The maximum atomic E-state index is 12.1. The predicted molar refractivity (Wildman–Crippen MR) is 66.4 cm³/mol. The van der Waals surface area contributed by atoms with Crippen LogP contribution in [0.4, 0.5) is 4.79 Å². The largest absolute Gasteiger partial charge is 0.464 e. The Bertz CT molecular complexity index is 406. The summed E-state index contributed by atoms with van der Waals surface area (Å²) in [5.41, 5.74) is -0.622. The van der Waals surface area contributed by atoms with Crippen molar-refractivity contribution in [1.29, 1.82) is 0 Å². The second-order valence-electron chi connectivity index (χ2n) is 4.79. The normalized spacial score (nSPS) is 30.3. The third kappa shape index (κ3) is 2.45. The van der Waals surface area contributed by atoms with Gasteiger partial charge in [-0.1, -0.05) is 6.08 Å². The van der Waals surface area contributed by atoms with Crippen LogP contribution in [0.5, 0.6) is 0 Å². The number of aliphatic hydroxyl groups is 1. The van der Waals surface area contributed by atoms with Crippen LogP contribution >= 0.6 is 0 Å². The van der Waals surface area contributed by atoms with E-state index in [9.17, 15) is 14.7 Å². The van der Waals surface area contributed by atoms with Gasteiger partial charge >= 0.3 is 12.1 Å². The summed E-state index contributed by atoms with van der Waals surface area (Å²) >= 11 is 0. The minimum atomic E-state index is -1.50. The first-order chi connectivity index (χ1) is 9.14. The Balaban J connectivity index is 2.30. The molecule has 0 bridgehead atoms. The number of hydrogen-bond acceptors (Lipinski definition) is 5. The average Bonchev–Trinajstić information content (AvgIpc) is 2.78. The highest BCUT2D eigenvalue weighted by Gasteiger charge is 2.56. The topological polar surface area (TPSA) is 84.9 Å². The van der Waals surface area contributed by atoms with Crippen LogP contribution in [0.2, 0.25) is 0 Å². The van der Waals surface area contributed by atoms with E-state index in [1.165, 1.54) is 0 Å². The Morgan fingerprint density at radius 3 is 3.00 bits per heavy atom. The highest BCUT2D eigenvalue weighted by Crippen LogP contribution is 2.33. The Hall–Kier alpha value is -1.56. The van der Waals surface area contributed by atoms with Gasteiger partial charge in [-0.15, -0.1) is 0 Å². The van der Waals surface area contributed by atoms with Crippen LogP contribution in [0.1, 0.15) is 32.6 Å². The molecule has 1 amide bonds. The minimum Gasteiger partial charge on any atom is -0.464 e. The highest BCUT2D eigenvalue weighted by molar-refractivity contribution is 5.90. The van der Waals surface area contributed by atoms with E-state index in [0.29, 0.717) is 0 Å². The van der Waals surface area contributed by atoms with Gasteiger partial charge in [0.2, 0.25) is 5.54 Å². The van der Waals surface area contributed by atoms with Crippen molar-refractivity contribution in [3.63, 3.8) is 0 Å². The van der Waals surface area contributed by atoms with Crippen LogP contribution in [-0.4, -0.2) is 42.0 Å². The molecule has 0 spiro atoms. The second kappa shape index (κ2) is 5.61. The van der Waals surface area contributed by atoms with Gasteiger partial charge < -0.3 is 14.6 Å². The first-order valence-electron chi connectivity index (χ1n) is 6.60. The third-order valence-electron chi connectivity index (χ3n) is 3.55. The van der Waals surface area contributed by atoms with Crippen LogP contribution in [0.25, 0.3) is 0 Å². The number of cyclic esters (lactones) is 1.